The molecule has 2 N–H and O–H groups in total. The zero-order valence-corrected chi connectivity index (χ0v) is 16.0. The van der Waals surface area contributed by atoms with Gasteiger partial charge in [0.1, 0.15) is 5.92 Å². The zero-order chi connectivity index (χ0) is 18.4. The minimum absolute atomic E-state index is 0.0198. The van der Waals surface area contributed by atoms with Crippen LogP contribution in [0.5, 0.6) is 0 Å². The third kappa shape index (κ3) is 5.56. The van der Waals surface area contributed by atoms with Crippen molar-refractivity contribution in [2.75, 3.05) is 6.61 Å². The van der Waals surface area contributed by atoms with Gasteiger partial charge in [-0.15, -0.1) is 0 Å². The summed E-state index contributed by atoms with van der Waals surface area (Å²) in [5.41, 5.74) is 0.786. The number of piperidine rings is 1. The Bertz CT molecular complexity index is 632. The van der Waals surface area contributed by atoms with Gasteiger partial charge < -0.3 is 15.4 Å². The van der Waals surface area contributed by atoms with Crippen molar-refractivity contribution in [3.8, 4) is 0 Å². The van der Waals surface area contributed by atoms with Gasteiger partial charge in [0.2, 0.25) is 11.8 Å². The van der Waals surface area contributed by atoms with Crippen LogP contribution < -0.4 is 10.6 Å². The van der Waals surface area contributed by atoms with Crippen molar-refractivity contribution in [2.24, 2.45) is 5.92 Å². The number of hydrogen-bond donors (Lipinski definition) is 2. The molecular formula is C18H23BrN2O4. The first-order chi connectivity index (χ1) is 11.9. The highest BCUT2D eigenvalue weighted by atomic mass is 79.9. The van der Waals surface area contributed by atoms with E-state index in [1.54, 1.807) is 6.92 Å². The van der Waals surface area contributed by atoms with Crippen LogP contribution in [0.4, 0.5) is 0 Å². The molecule has 0 saturated carbocycles. The Labute approximate surface area is 155 Å². The zero-order valence-electron chi connectivity index (χ0n) is 14.4. The number of amides is 2. The number of esters is 1. The molecule has 1 aliphatic rings. The van der Waals surface area contributed by atoms with Crippen molar-refractivity contribution in [1.82, 2.24) is 10.6 Å². The summed E-state index contributed by atoms with van der Waals surface area (Å²) in [6, 6.07) is 6.89. The van der Waals surface area contributed by atoms with Gasteiger partial charge in [-0.2, -0.15) is 0 Å². The highest BCUT2D eigenvalue weighted by molar-refractivity contribution is 9.10. The molecule has 1 aromatic carbocycles. The Balaban J connectivity index is 2.11. The fourth-order valence-electron chi connectivity index (χ4n) is 2.82. The minimum Gasteiger partial charge on any atom is -0.466 e. The van der Waals surface area contributed by atoms with Gasteiger partial charge in [0, 0.05) is 10.5 Å². The van der Waals surface area contributed by atoms with Crippen LogP contribution in [0.3, 0.4) is 0 Å². The molecule has 7 heteroatoms. The molecule has 136 valence electrons. The van der Waals surface area contributed by atoms with Crippen LogP contribution in [0.15, 0.2) is 28.7 Å². The number of ether oxygens (including phenoxy) is 1. The second-order valence-electron chi connectivity index (χ2n) is 6.16. The molecular weight excluding hydrogens is 388 g/mol. The van der Waals surface area contributed by atoms with Gasteiger partial charge in [0.05, 0.1) is 19.1 Å². The summed E-state index contributed by atoms with van der Waals surface area (Å²) in [5, 5.41) is 5.64. The first-order valence-electron chi connectivity index (χ1n) is 8.42. The lowest BCUT2D eigenvalue weighted by Crippen LogP contribution is -2.49. The molecule has 1 aliphatic heterocycles. The highest BCUT2D eigenvalue weighted by Gasteiger charge is 2.33. The molecule has 1 fully saturated rings. The first kappa shape index (κ1) is 19.4. The van der Waals surface area contributed by atoms with Gasteiger partial charge in [-0.05, 0) is 44.4 Å². The molecule has 3 unspecified atom stereocenters. The van der Waals surface area contributed by atoms with Gasteiger partial charge >= 0.3 is 5.97 Å². The van der Waals surface area contributed by atoms with Crippen LogP contribution in [-0.2, 0) is 19.1 Å². The molecule has 25 heavy (non-hydrogen) atoms. The smallest absolute Gasteiger partial charge is 0.308 e. The summed E-state index contributed by atoms with van der Waals surface area (Å²) in [6.45, 7) is 3.93. The fourth-order valence-corrected chi connectivity index (χ4v) is 3.08. The number of halogens is 1. The Morgan fingerprint density at radius 3 is 2.60 bits per heavy atom. The van der Waals surface area contributed by atoms with Gasteiger partial charge in [-0.25, -0.2) is 0 Å². The number of carbonyl (C=O) groups excluding carboxylic acids is 3. The molecule has 2 amide bonds. The third-order valence-electron chi connectivity index (χ3n) is 4.17. The van der Waals surface area contributed by atoms with Crippen molar-refractivity contribution in [3.63, 3.8) is 0 Å². The summed E-state index contributed by atoms with van der Waals surface area (Å²) in [7, 11) is 0. The van der Waals surface area contributed by atoms with E-state index >= 15 is 0 Å². The minimum atomic E-state index is -0.726. The normalized spacial score (nSPS) is 21.2. The van der Waals surface area contributed by atoms with Crippen LogP contribution in [0.1, 0.15) is 44.7 Å². The monoisotopic (exact) mass is 410 g/mol. The Kier molecular flexibility index (Phi) is 6.99. The molecule has 1 saturated heterocycles. The van der Waals surface area contributed by atoms with E-state index in [1.165, 1.54) is 0 Å². The molecule has 0 aromatic heterocycles. The summed E-state index contributed by atoms with van der Waals surface area (Å²) < 4.78 is 5.90. The first-order valence-corrected chi connectivity index (χ1v) is 9.21. The number of nitrogens with one attached hydrogen (secondary N) is 2. The van der Waals surface area contributed by atoms with Crippen LogP contribution in [0.2, 0.25) is 0 Å². The van der Waals surface area contributed by atoms with E-state index in [2.05, 4.69) is 26.6 Å². The molecule has 2 rings (SSSR count). The summed E-state index contributed by atoms with van der Waals surface area (Å²) in [4.78, 5) is 36.5. The number of hydrogen-bond acceptors (Lipinski definition) is 4. The van der Waals surface area contributed by atoms with Crippen LogP contribution >= 0.6 is 15.9 Å². The maximum absolute atomic E-state index is 12.6. The van der Waals surface area contributed by atoms with Crippen molar-refractivity contribution in [3.05, 3.63) is 34.3 Å². The second-order valence-corrected chi connectivity index (χ2v) is 7.08. The largest absolute Gasteiger partial charge is 0.466 e. The number of rotatable bonds is 6. The Morgan fingerprint density at radius 2 is 2.00 bits per heavy atom. The van der Waals surface area contributed by atoms with E-state index < -0.39 is 17.9 Å². The van der Waals surface area contributed by atoms with E-state index in [0.717, 1.165) is 16.5 Å². The predicted molar refractivity (Wildman–Crippen MR) is 96.6 cm³/mol. The van der Waals surface area contributed by atoms with Crippen molar-refractivity contribution < 1.29 is 19.1 Å². The van der Waals surface area contributed by atoms with Gasteiger partial charge in [-0.1, -0.05) is 28.1 Å². The van der Waals surface area contributed by atoms with E-state index in [1.807, 2.05) is 31.2 Å². The Morgan fingerprint density at radius 1 is 1.32 bits per heavy atom. The molecule has 1 heterocycles. The standard InChI is InChI=1S/C18H23BrN2O4/c1-3-25-16(22)10-15(12-5-7-13(19)8-6-12)21-18(24)14-9-4-11(2)20-17(14)23/h5-8,11,14-15H,3-4,9-10H2,1-2H3,(H,20,23)(H,21,24). The van der Waals surface area contributed by atoms with E-state index in [-0.39, 0.29) is 30.9 Å². The van der Waals surface area contributed by atoms with E-state index in [9.17, 15) is 14.4 Å². The average molecular weight is 411 g/mol. The second kappa shape index (κ2) is 8.99. The summed E-state index contributed by atoms with van der Waals surface area (Å²) in [6.07, 6.45) is 1.28. The average Bonchev–Trinajstić information content (AvgIpc) is 2.55. The molecule has 1 aromatic rings. The van der Waals surface area contributed by atoms with Crippen LogP contribution in [0, 0.1) is 5.92 Å². The van der Waals surface area contributed by atoms with Crippen LogP contribution in [0.25, 0.3) is 0 Å². The number of carbonyl (C=O) groups is 3. The lowest BCUT2D eigenvalue weighted by molar-refractivity contribution is -0.144. The molecule has 0 spiro atoms. The van der Waals surface area contributed by atoms with Crippen molar-refractivity contribution in [1.29, 1.82) is 0 Å². The SMILES string of the molecule is CCOC(=O)CC(NC(=O)C1CCC(C)NC1=O)c1ccc(Br)cc1. The van der Waals surface area contributed by atoms with Gasteiger partial charge in [0.25, 0.3) is 0 Å². The summed E-state index contributed by atoms with van der Waals surface area (Å²) in [5.74, 6) is -1.74. The maximum atomic E-state index is 12.6. The predicted octanol–water partition coefficient (Wildman–Crippen LogP) is 2.47. The van der Waals surface area contributed by atoms with Crippen molar-refractivity contribution >= 4 is 33.7 Å². The van der Waals surface area contributed by atoms with Crippen LogP contribution in [-0.4, -0.2) is 30.4 Å². The lowest BCUT2D eigenvalue weighted by Gasteiger charge is -2.28. The molecule has 0 radical (unpaired) electrons. The molecule has 6 nitrogen and oxygen atoms in total. The molecule has 3 atom stereocenters. The maximum Gasteiger partial charge on any atom is 0.308 e. The molecule has 0 aliphatic carbocycles. The highest BCUT2D eigenvalue weighted by Crippen LogP contribution is 2.22. The quantitative estimate of drug-likeness (QED) is 0.557. The van der Waals surface area contributed by atoms with E-state index in [4.69, 9.17) is 4.74 Å². The third-order valence-corrected chi connectivity index (χ3v) is 4.70. The fraction of sp³-hybridized carbons (Fsp3) is 0.500. The topological polar surface area (TPSA) is 84.5 Å². The lowest BCUT2D eigenvalue weighted by atomic mass is 9.93. The van der Waals surface area contributed by atoms with E-state index in [0.29, 0.717) is 6.42 Å². The Hall–Kier alpha value is -1.89. The molecule has 0 bridgehead atoms. The van der Waals surface area contributed by atoms with Crippen molar-refractivity contribution in [2.45, 2.75) is 45.2 Å². The number of benzene rings is 1. The van der Waals surface area contributed by atoms with Gasteiger partial charge in [-0.3, -0.25) is 14.4 Å². The summed E-state index contributed by atoms with van der Waals surface area (Å²) >= 11 is 3.37. The van der Waals surface area contributed by atoms with Gasteiger partial charge in [0.15, 0.2) is 0 Å².